The van der Waals surface area contributed by atoms with Crippen LogP contribution in [0.4, 0.5) is 13.6 Å². The van der Waals surface area contributed by atoms with Crippen molar-refractivity contribution in [3.63, 3.8) is 0 Å². The second-order valence-corrected chi connectivity index (χ2v) is 6.68. The molecular weight excluding hydrogens is 386 g/mol. The second kappa shape index (κ2) is 8.26. The number of aryl methyl sites for hydroxylation is 1. The summed E-state index contributed by atoms with van der Waals surface area (Å²) in [6.07, 6.45) is 0.945. The molecule has 1 fully saturated rings. The van der Waals surface area contributed by atoms with Gasteiger partial charge in [0.05, 0.1) is 5.56 Å². The minimum atomic E-state index is -2.94. The third-order valence-electron chi connectivity index (χ3n) is 4.48. The Labute approximate surface area is 165 Å². The van der Waals surface area contributed by atoms with Crippen LogP contribution in [-0.2, 0) is 11.2 Å². The molecule has 0 bridgehead atoms. The van der Waals surface area contributed by atoms with Gasteiger partial charge in [-0.05, 0) is 61.7 Å². The van der Waals surface area contributed by atoms with Gasteiger partial charge in [0, 0.05) is 0 Å². The molecule has 3 amide bonds. The van der Waals surface area contributed by atoms with E-state index in [9.17, 15) is 23.2 Å². The lowest BCUT2D eigenvalue weighted by Gasteiger charge is -2.20. The molecule has 1 aliphatic rings. The van der Waals surface area contributed by atoms with Crippen LogP contribution in [0.15, 0.2) is 48.5 Å². The molecule has 7 nitrogen and oxygen atoms in total. The number of esters is 1. The summed E-state index contributed by atoms with van der Waals surface area (Å²) < 4.78 is 33.8. The fourth-order valence-corrected chi connectivity index (χ4v) is 2.81. The Morgan fingerprint density at radius 3 is 2.21 bits per heavy atom. The highest BCUT2D eigenvalue weighted by Crippen LogP contribution is 2.21. The normalized spacial score (nSPS) is 18.3. The molecular formula is C20H18F2N2O5. The first-order valence-electron chi connectivity index (χ1n) is 8.75. The number of carbonyl (C=O) groups excluding carboxylic acids is 3. The lowest BCUT2D eigenvalue weighted by molar-refractivity contribution is -0.123. The Morgan fingerprint density at radius 2 is 1.66 bits per heavy atom. The van der Waals surface area contributed by atoms with E-state index in [1.807, 2.05) is 0 Å². The predicted molar refractivity (Wildman–Crippen MR) is 97.9 cm³/mol. The zero-order valence-electron chi connectivity index (χ0n) is 15.4. The number of hydrogen-bond donors (Lipinski definition) is 2. The molecule has 1 saturated heterocycles. The average Bonchev–Trinajstić information content (AvgIpc) is 2.93. The smallest absolute Gasteiger partial charge is 0.387 e. The number of imide groups is 1. The van der Waals surface area contributed by atoms with Gasteiger partial charge in [0.25, 0.3) is 5.91 Å². The first kappa shape index (κ1) is 20.2. The molecule has 0 aromatic heterocycles. The molecule has 2 aromatic carbocycles. The summed E-state index contributed by atoms with van der Waals surface area (Å²) in [6.45, 7) is -1.28. The van der Waals surface area contributed by atoms with Gasteiger partial charge >= 0.3 is 18.6 Å². The Bertz CT molecular complexity index is 915. The van der Waals surface area contributed by atoms with Crippen LogP contribution in [0, 0.1) is 0 Å². The molecule has 0 unspecified atom stereocenters. The van der Waals surface area contributed by atoms with Gasteiger partial charge < -0.3 is 14.8 Å². The highest BCUT2D eigenvalue weighted by atomic mass is 19.3. The molecule has 0 aliphatic carbocycles. The standard InChI is InChI=1S/C20H18F2N2O5/c1-20(17(26)23-19(27)24-20)11-10-12-2-6-14(7-3-12)28-16(25)13-4-8-15(9-5-13)29-18(21)22/h2-9,18H,10-11H2,1H3,(H2,23,24,26,27)/t20-/m1/s1. The summed E-state index contributed by atoms with van der Waals surface area (Å²) in [5, 5.41) is 4.81. The quantitative estimate of drug-likeness (QED) is 0.420. The summed E-state index contributed by atoms with van der Waals surface area (Å²) in [5.74, 6) is -0.747. The van der Waals surface area contributed by atoms with Gasteiger partial charge in [0.15, 0.2) is 0 Å². The number of rotatable bonds is 7. The summed E-state index contributed by atoms with van der Waals surface area (Å²) in [5.41, 5.74) is 0.127. The van der Waals surface area contributed by atoms with E-state index >= 15 is 0 Å². The van der Waals surface area contributed by atoms with Crippen LogP contribution < -0.4 is 20.1 Å². The molecule has 2 N–H and O–H groups in total. The van der Waals surface area contributed by atoms with Crippen molar-refractivity contribution < 1.29 is 32.6 Å². The number of benzene rings is 2. The van der Waals surface area contributed by atoms with Gasteiger partial charge in [-0.2, -0.15) is 8.78 Å². The van der Waals surface area contributed by atoms with Crippen LogP contribution >= 0.6 is 0 Å². The average molecular weight is 404 g/mol. The van der Waals surface area contributed by atoms with Gasteiger partial charge in [-0.3, -0.25) is 10.1 Å². The number of halogens is 2. The van der Waals surface area contributed by atoms with Crippen molar-refractivity contribution in [1.29, 1.82) is 0 Å². The Kier molecular flexibility index (Phi) is 5.76. The van der Waals surface area contributed by atoms with Gasteiger partial charge in [-0.15, -0.1) is 0 Å². The van der Waals surface area contributed by atoms with E-state index in [1.165, 1.54) is 24.3 Å². The maximum absolute atomic E-state index is 12.1. The van der Waals surface area contributed by atoms with E-state index in [0.717, 1.165) is 5.56 Å². The van der Waals surface area contributed by atoms with Crippen molar-refractivity contribution >= 4 is 17.9 Å². The minimum absolute atomic E-state index is 0.0540. The molecule has 152 valence electrons. The Morgan fingerprint density at radius 1 is 1.03 bits per heavy atom. The SMILES string of the molecule is C[C@]1(CCc2ccc(OC(=O)c3ccc(OC(F)F)cc3)cc2)NC(=O)NC1=O. The number of ether oxygens (including phenoxy) is 2. The summed E-state index contributed by atoms with van der Waals surface area (Å²) in [6, 6.07) is 11.4. The van der Waals surface area contributed by atoms with E-state index in [4.69, 9.17) is 4.74 Å². The monoisotopic (exact) mass is 404 g/mol. The van der Waals surface area contributed by atoms with E-state index in [1.54, 1.807) is 31.2 Å². The number of nitrogens with one attached hydrogen (secondary N) is 2. The largest absolute Gasteiger partial charge is 0.435 e. The molecule has 0 saturated carbocycles. The highest BCUT2D eigenvalue weighted by molar-refractivity contribution is 6.06. The number of carbonyl (C=O) groups is 3. The van der Waals surface area contributed by atoms with Crippen LogP contribution in [-0.4, -0.2) is 30.1 Å². The van der Waals surface area contributed by atoms with E-state index in [-0.39, 0.29) is 17.2 Å². The molecule has 0 radical (unpaired) electrons. The van der Waals surface area contributed by atoms with Crippen LogP contribution in [0.1, 0.15) is 29.3 Å². The van der Waals surface area contributed by atoms with Crippen molar-refractivity contribution in [2.24, 2.45) is 0 Å². The van der Waals surface area contributed by atoms with Crippen LogP contribution in [0.3, 0.4) is 0 Å². The van der Waals surface area contributed by atoms with Gasteiger partial charge in [-0.25, -0.2) is 9.59 Å². The van der Waals surface area contributed by atoms with Gasteiger partial charge in [0.1, 0.15) is 17.0 Å². The Balaban J connectivity index is 1.55. The summed E-state index contributed by atoms with van der Waals surface area (Å²) >= 11 is 0. The van der Waals surface area contributed by atoms with Crippen LogP contribution in [0.25, 0.3) is 0 Å². The lowest BCUT2D eigenvalue weighted by atomic mass is 9.93. The maximum atomic E-state index is 12.1. The molecule has 2 aromatic rings. The minimum Gasteiger partial charge on any atom is -0.435 e. The van der Waals surface area contributed by atoms with Crippen molar-refractivity contribution in [2.45, 2.75) is 31.9 Å². The number of amides is 3. The third-order valence-corrected chi connectivity index (χ3v) is 4.48. The van der Waals surface area contributed by atoms with Crippen molar-refractivity contribution in [3.8, 4) is 11.5 Å². The van der Waals surface area contributed by atoms with Crippen molar-refractivity contribution in [2.75, 3.05) is 0 Å². The third kappa shape index (κ3) is 5.07. The zero-order valence-corrected chi connectivity index (χ0v) is 15.4. The first-order chi connectivity index (χ1) is 13.7. The second-order valence-electron chi connectivity index (χ2n) is 6.68. The summed E-state index contributed by atoms with van der Waals surface area (Å²) in [7, 11) is 0. The molecule has 29 heavy (non-hydrogen) atoms. The maximum Gasteiger partial charge on any atom is 0.387 e. The molecule has 3 rings (SSSR count). The lowest BCUT2D eigenvalue weighted by Crippen LogP contribution is -2.43. The van der Waals surface area contributed by atoms with Crippen LogP contribution in [0.5, 0.6) is 11.5 Å². The number of alkyl halides is 2. The number of urea groups is 1. The molecule has 1 heterocycles. The highest BCUT2D eigenvalue weighted by Gasteiger charge is 2.41. The molecule has 9 heteroatoms. The first-order valence-corrected chi connectivity index (χ1v) is 8.75. The molecule has 0 spiro atoms. The molecule has 1 atom stereocenters. The number of hydrogen-bond acceptors (Lipinski definition) is 5. The van der Waals surface area contributed by atoms with Crippen molar-refractivity contribution in [3.05, 3.63) is 59.7 Å². The van der Waals surface area contributed by atoms with E-state index in [0.29, 0.717) is 18.6 Å². The predicted octanol–water partition coefficient (Wildman–Crippen LogP) is 3.04. The van der Waals surface area contributed by atoms with Gasteiger partial charge in [-0.1, -0.05) is 12.1 Å². The topological polar surface area (TPSA) is 93.7 Å². The zero-order chi connectivity index (χ0) is 21.0. The fraction of sp³-hybridized carbons (Fsp3) is 0.250. The van der Waals surface area contributed by atoms with Crippen LogP contribution in [0.2, 0.25) is 0 Å². The fourth-order valence-electron chi connectivity index (χ4n) is 2.81. The van der Waals surface area contributed by atoms with E-state index in [2.05, 4.69) is 15.4 Å². The van der Waals surface area contributed by atoms with E-state index < -0.39 is 24.2 Å². The summed E-state index contributed by atoms with van der Waals surface area (Å²) in [4.78, 5) is 35.2. The van der Waals surface area contributed by atoms with Gasteiger partial charge in [0.2, 0.25) is 0 Å². The molecule has 1 aliphatic heterocycles. The Hall–Kier alpha value is -3.49. The van der Waals surface area contributed by atoms with Crippen molar-refractivity contribution in [1.82, 2.24) is 10.6 Å².